The molecule has 0 aliphatic heterocycles. The molecule has 1 heterocycles. The first-order valence-corrected chi connectivity index (χ1v) is 8.19. The minimum atomic E-state index is -4.35. The lowest BCUT2D eigenvalue weighted by Gasteiger charge is -2.32. The summed E-state index contributed by atoms with van der Waals surface area (Å²) < 4.78 is 38.3. The van der Waals surface area contributed by atoms with Gasteiger partial charge in [-0.05, 0) is 47.6 Å². The quantitative estimate of drug-likeness (QED) is 0.866. The predicted octanol–water partition coefficient (Wildman–Crippen LogP) is 4.53. The highest BCUT2D eigenvalue weighted by Crippen LogP contribution is 2.39. The number of pyridine rings is 1. The van der Waals surface area contributed by atoms with Crippen molar-refractivity contribution in [3.05, 3.63) is 53.3 Å². The van der Waals surface area contributed by atoms with Gasteiger partial charge in [0.25, 0.3) is 0 Å². The number of carbonyl (C=O) groups excluding carboxylic acids is 1. The van der Waals surface area contributed by atoms with E-state index in [2.05, 4.69) is 17.2 Å². The van der Waals surface area contributed by atoms with E-state index in [1.165, 1.54) is 19.1 Å². The van der Waals surface area contributed by atoms with Gasteiger partial charge in [0.2, 0.25) is 5.91 Å². The number of carbonyl (C=O) groups is 1. The Kier molecular flexibility index (Phi) is 4.54. The molecule has 1 aliphatic rings. The van der Waals surface area contributed by atoms with Gasteiger partial charge in [-0.25, -0.2) is 0 Å². The van der Waals surface area contributed by atoms with E-state index in [1.54, 1.807) is 12.4 Å². The zero-order chi connectivity index (χ0) is 18.2. The van der Waals surface area contributed by atoms with Gasteiger partial charge in [-0.3, -0.25) is 9.78 Å². The average molecular weight is 348 g/mol. The summed E-state index contributed by atoms with van der Waals surface area (Å²) in [5, 5.41) is 2.97. The first-order chi connectivity index (χ1) is 11.8. The Morgan fingerprint density at radius 3 is 2.48 bits per heavy atom. The van der Waals surface area contributed by atoms with Crippen molar-refractivity contribution in [1.82, 2.24) is 10.3 Å². The maximum atomic E-state index is 12.8. The van der Waals surface area contributed by atoms with E-state index in [1.807, 2.05) is 0 Å². The van der Waals surface area contributed by atoms with Gasteiger partial charge in [-0.15, -0.1) is 0 Å². The number of alkyl halides is 3. The SMILES string of the molecule is CC(=O)NC1c2cncc(-c3ccc(C(F)(F)F)cc3)c2CCC1C. The lowest BCUT2D eigenvalue weighted by Crippen LogP contribution is -2.34. The second-order valence-electron chi connectivity index (χ2n) is 6.52. The summed E-state index contributed by atoms with van der Waals surface area (Å²) in [5.41, 5.74) is 2.86. The molecule has 0 saturated heterocycles. The number of fused-ring (bicyclic) bond motifs is 1. The Morgan fingerprint density at radius 1 is 1.20 bits per heavy atom. The third-order valence-corrected chi connectivity index (χ3v) is 4.73. The Hall–Kier alpha value is -2.37. The summed E-state index contributed by atoms with van der Waals surface area (Å²) in [6.07, 6.45) is 0.793. The normalized spacial score (nSPS) is 20.0. The number of amides is 1. The van der Waals surface area contributed by atoms with Gasteiger partial charge in [0, 0.05) is 24.9 Å². The number of hydrogen-bond acceptors (Lipinski definition) is 2. The molecule has 1 aliphatic carbocycles. The third kappa shape index (κ3) is 3.52. The first kappa shape index (κ1) is 17.5. The number of nitrogens with zero attached hydrogens (tertiary/aromatic N) is 1. The molecule has 1 N–H and O–H groups in total. The second kappa shape index (κ2) is 6.50. The van der Waals surface area contributed by atoms with Gasteiger partial charge in [-0.1, -0.05) is 19.1 Å². The molecule has 2 atom stereocenters. The molecule has 0 bridgehead atoms. The predicted molar refractivity (Wildman–Crippen MR) is 88.7 cm³/mol. The molecule has 0 fully saturated rings. The fourth-order valence-corrected chi connectivity index (χ4v) is 3.42. The maximum Gasteiger partial charge on any atom is 0.416 e. The van der Waals surface area contributed by atoms with Gasteiger partial charge in [-0.2, -0.15) is 13.2 Å². The fourth-order valence-electron chi connectivity index (χ4n) is 3.42. The molecule has 2 unspecified atom stereocenters. The molecule has 0 radical (unpaired) electrons. The number of aromatic nitrogens is 1. The monoisotopic (exact) mass is 348 g/mol. The second-order valence-corrected chi connectivity index (χ2v) is 6.52. The lowest BCUT2D eigenvalue weighted by molar-refractivity contribution is -0.137. The summed E-state index contributed by atoms with van der Waals surface area (Å²) >= 11 is 0. The van der Waals surface area contributed by atoms with Crippen LogP contribution in [0.25, 0.3) is 11.1 Å². The van der Waals surface area contributed by atoms with Crippen LogP contribution in [-0.4, -0.2) is 10.9 Å². The van der Waals surface area contributed by atoms with E-state index < -0.39 is 11.7 Å². The minimum Gasteiger partial charge on any atom is -0.349 e. The zero-order valence-electron chi connectivity index (χ0n) is 14.0. The summed E-state index contributed by atoms with van der Waals surface area (Å²) in [7, 11) is 0. The number of nitrogens with one attached hydrogen (secondary N) is 1. The van der Waals surface area contributed by atoms with Crippen molar-refractivity contribution < 1.29 is 18.0 Å². The molecule has 25 heavy (non-hydrogen) atoms. The fraction of sp³-hybridized carbons (Fsp3) is 0.368. The minimum absolute atomic E-state index is 0.107. The molecule has 1 aromatic heterocycles. The Morgan fingerprint density at radius 2 is 1.88 bits per heavy atom. The highest BCUT2D eigenvalue weighted by Gasteiger charge is 2.31. The van der Waals surface area contributed by atoms with E-state index in [0.29, 0.717) is 5.56 Å². The molecule has 3 nitrogen and oxygen atoms in total. The molecule has 132 valence electrons. The third-order valence-electron chi connectivity index (χ3n) is 4.73. The van der Waals surface area contributed by atoms with Gasteiger partial charge >= 0.3 is 6.18 Å². The number of rotatable bonds is 2. The van der Waals surface area contributed by atoms with E-state index in [9.17, 15) is 18.0 Å². The van der Waals surface area contributed by atoms with Crippen LogP contribution in [0.5, 0.6) is 0 Å². The lowest BCUT2D eigenvalue weighted by atomic mass is 9.79. The van der Waals surface area contributed by atoms with Crippen LogP contribution in [0.15, 0.2) is 36.7 Å². The van der Waals surface area contributed by atoms with E-state index in [-0.39, 0.29) is 17.9 Å². The standard InChI is InChI=1S/C19H19F3N2O/c1-11-3-8-15-16(9-23-10-17(15)18(11)24-12(2)25)13-4-6-14(7-5-13)19(20,21)22/h4-7,9-11,18H,3,8H2,1-2H3,(H,24,25). The Balaban J connectivity index is 2.02. The van der Waals surface area contributed by atoms with Crippen LogP contribution in [-0.2, 0) is 17.4 Å². The Labute approximate surface area is 144 Å². The largest absolute Gasteiger partial charge is 0.416 e. The van der Waals surface area contributed by atoms with Crippen LogP contribution < -0.4 is 5.32 Å². The Bertz CT molecular complexity index is 784. The van der Waals surface area contributed by atoms with Crippen LogP contribution in [0.4, 0.5) is 13.2 Å². The molecular weight excluding hydrogens is 329 g/mol. The topological polar surface area (TPSA) is 42.0 Å². The molecule has 1 aromatic carbocycles. The van der Waals surface area contributed by atoms with Crippen LogP contribution in [0, 0.1) is 5.92 Å². The first-order valence-electron chi connectivity index (χ1n) is 8.19. The van der Waals surface area contributed by atoms with Crippen molar-refractivity contribution in [1.29, 1.82) is 0 Å². The molecule has 6 heteroatoms. The van der Waals surface area contributed by atoms with E-state index in [4.69, 9.17) is 0 Å². The van der Waals surface area contributed by atoms with Crippen LogP contribution in [0.2, 0.25) is 0 Å². The van der Waals surface area contributed by atoms with Gasteiger partial charge in [0.15, 0.2) is 0 Å². The maximum absolute atomic E-state index is 12.8. The highest BCUT2D eigenvalue weighted by atomic mass is 19.4. The molecular formula is C19H19F3N2O. The van der Waals surface area contributed by atoms with Crippen molar-refractivity contribution in [3.63, 3.8) is 0 Å². The van der Waals surface area contributed by atoms with Crippen LogP contribution in [0.1, 0.15) is 43.0 Å². The van der Waals surface area contributed by atoms with E-state index in [0.717, 1.165) is 41.7 Å². The van der Waals surface area contributed by atoms with E-state index >= 15 is 0 Å². The van der Waals surface area contributed by atoms with Crippen molar-refractivity contribution in [2.24, 2.45) is 5.92 Å². The summed E-state index contributed by atoms with van der Waals surface area (Å²) in [4.78, 5) is 15.8. The highest BCUT2D eigenvalue weighted by molar-refractivity contribution is 5.74. The molecule has 0 spiro atoms. The van der Waals surface area contributed by atoms with Gasteiger partial charge < -0.3 is 5.32 Å². The van der Waals surface area contributed by atoms with Crippen molar-refractivity contribution >= 4 is 5.91 Å². The van der Waals surface area contributed by atoms with Gasteiger partial charge in [0.1, 0.15) is 0 Å². The van der Waals surface area contributed by atoms with Crippen LogP contribution in [0.3, 0.4) is 0 Å². The van der Waals surface area contributed by atoms with Gasteiger partial charge in [0.05, 0.1) is 11.6 Å². The van der Waals surface area contributed by atoms with Crippen LogP contribution >= 0.6 is 0 Å². The molecule has 3 rings (SSSR count). The molecule has 1 amide bonds. The van der Waals surface area contributed by atoms with Crippen molar-refractivity contribution in [2.45, 2.75) is 38.9 Å². The summed E-state index contributed by atoms with van der Waals surface area (Å²) in [6.45, 7) is 3.56. The number of benzene rings is 1. The molecule has 2 aromatic rings. The number of halogens is 3. The number of hydrogen-bond donors (Lipinski definition) is 1. The summed E-state index contributed by atoms with van der Waals surface area (Å²) in [6, 6.07) is 5.01. The smallest absolute Gasteiger partial charge is 0.349 e. The average Bonchev–Trinajstić information content (AvgIpc) is 2.56. The summed E-state index contributed by atoms with van der Waals surface area (Å²) in [5.74, 6) is 0.172. The zero-order valence-corrected chi connectivity index (χ0v) is 14.0. The molecule has 0 saturated carbocycles. The van der Waals surface area contributed by atoms with Crippen molar-refractivity contribution in [3.8, 4) is 11.1 Å². The van der Waals surface area contributed by atoms with Crippen molar-refractivity contribution in [2.75, 3.05) is 0 Å².